The Kier molecular flexibility index (Phi) is 8.57. The molecule has 0 amide bonds. The minimum absolute atomic E-state index is 0. The first kappa shape index (κ1) is 16.8. The Labute approximate surface area is 113 Å². The standard InChI is InChI=1S/C7H6N4O.2ClH.Ti/c12-6-4-2-1-3-5(6)7-8-10-11-9-7;;;/h1-4,12H,(H,8,9,10,11);2*1H;/q;;;+2/p-2. The van der Waals surface area contributed by atoms with Gasteiger partial charge in [-0.15, -0.1) is 10.2 Å². The Bertz CT molecular complexity index is 384. The average Bonchev–Trinajstić information content (AvgIpc) is 2.57. The summed E-state index contributed by atoms with van der Waals surface area (Å²) in [5.41, 5.74) is 0.575. The molecule has 0 radical (unpaired) electrons. The molecule has 0 unspecified atom stereocenters. The van der Waals surface area contributed by atoms with Crippen LogP contribution < -0.4 is 24.8 Å². The van der Waals surface area contributed by atoms with Gasteiger partial charge in [0, 0.05) is 0 Å². The van der Waals surface area contributed by atoms with Gasteiger partial charge in [0.05, 0.1) is 5.56 Å². The zero-order valence-corrected chi connectivity index (χ0v) is 10.4. The number of tetrazole rings is 1. The summed E-state index contributed by atoms with van der Waals surface area (Å²) in [6.45, 7) is 0. The zero-order chi connectivity index (χ0) is 8.39. The Morgan fingerprint density at radius 2 is 1.80 bits per heavy atom. The number of para-hydroxylation sites is 1. The molecule has 8 heteroatoms. The van der Waals surface area contributed by atoms with E-state index in [1.54, 1.807) is 24.3 Å². The number of hydrogen-bond donors (Lipinski definition) is 2. The third kappa shape index (κ3) is 3.79. The second kappa shape index (κ2) is 7.65. The van der Waals surface area contributed by atoms with E-state index in [9.17, 15) is 5.11 Å². The van der Waals surface area contributed by atoms with Gasteiger partial charge in [-0.05, 0) is 17.3 Å². The normalized spacial score (nSPS) is 8.00. The van der Waals surface area contributed by atoms with E-state index in [0.717, 1.165) is 0 Å². The fourth-order valence-corrected chi connectivity index (χ4v) is 0.939. The summed E-state index contributed by atoms with van der Waals surface area (Å²) < 4.78 is 0. The molecule has 2 rings (SSSR count). The summed E-state index contributed by atoms with van der Waals surface area (Å²) in [7, 11) is 0. The van der Waals surface area contributed by atoms with E-state index in [4.69, 9.17) is 0 Å². The largest absolute Gasteiger partial charge is 2.00 e. The van der Waals surface area contributed by atoms with Crippen LogP contribution in [0, 0.1) is 0 Å². The van der Waals surface area contributed by atoms with E-state index in [-0.39, 0.29) is 52.3 Å². The van der Waals surface area contributed by atoms with Crippen LogP contribution in [-0.2, 0) is 21.7 Å². The van der Waals surface area contributed by atoms with Crippen LogP contribution in [-0.4, -0.2) is 25.7 Å². The third-order valence-corrected chi connectivity index (χ3v) is 1.49. The minimum Gasteiger partial charge on any atom is -1.00 e. The maximum absolute atomic E-state index is 9.36. The van der Waals surface area contributed by atoms with E-state index in [1.807, 2.05) is 0 Å². The van der Waals surface area contributed by atoms with Gasteiger partial charge in [0.1, 0.15) is 5.75 Å². The predicted molar refractivity (Wildman–Crippen MR) is 41.3 cm³/mol. The molecule has 15 heavy (non-hydrogen) atoms. The van der Waals surface area contributed by atoms with Gasteiger partial charge < -0.3 is 29.9 Å². The molecular formula is C7H6Cl2N4OTi. The van der Waals surface area contributed by atoms with Crippen molar-refractivity contribution in [3.63, 3.8) is 0 Å². The summed E-state index contributed by atoms with van der Waals surface area (Å²) in [6, 6.07) is 6.83. The second-order valence-electron chi connectivity index (χ2n) is 2.25. The van der Waals surface area contributed by atoms with Crippen molar-refractivity contribution in [3.05, 3.63) is 24.3 Å². The number of nitrogens with one attached hydrogen (secondary N) is 1. The SMILES string of the molecule is Oc1ccccc1-c1nn[nH]n1.[Cl-].[Cl-].[Ti+2]. The molecular weight excluding hydrogens is 275 g/mol. The minimum atomic E-state index is 0. The Balaban J connectivity index is 0. The third-order valence-electron chi connectivity index (χ3n) is 1.49. The van der Waals surface area contributed by atoms with E-state index in [0.29, 0.717) is 11.4 Å². The smallest absolute Gasteiger partial charge is 1.00 e. The Morgan fingerprint density at radius 3 is 2.33 bits per heavy atom. The molecule has 1 aromatic carbocycles. The summed E-state index contributed by atoms with van der Waals surface area (Å²) in [5.74, 6) is 0.548. The van der Waals surface area contributed by atoms with Crippen LogP contribution in [0.3, 0.4) is 0 Å². The average molecular weight is 281 g/mol. The fraction of sp³-hybridized carbons (Fsp3) is 0. The molecule has 0 atom stereocenters. The van der Waals surface area contributed by atoms with Crippen LogP contribution in [0.25, 0.3) is 11.4 Å². The number of nitrogens with zero attached hydrogens (tertiary/aromatic N) is 3. The van der Waals surface area contributed by atoms with Crippen LogP contribution in [0.5, 0.6) is 5.75 Å². The van der Waals surface area contributed by atoms with Gasteiger partial charge in [-0.25, -0.2) is 0 Å². The van der Waals surface area contributed by atoms with Crippen molar-refractivity contribution in [2.24, 2.45) is 0 Å². The number of halogens is 2. The first-order valence-electron chi connectivity index (χ1n) is 3.40. The van der Waals surface area contributed by atoms with Crippen LogP contribution in [0.4, 0.5) is 0 Å². The zero-order valence-electron chi connectivity index (χ0n) is 7.35. The Hall–Kier alpha value is -0.616. The molecule has 0 saturated heterocycles. The molecule has 5 nitrogen and oxygen atoms in total. The molecule has 1 heterocycles. The number of phenolic OH excluding ortho intramolecular Hbond substituents is 1. The van der Waals surface area contributed by atoms with E-state index in [2.05, 4.69) is 20.6 Å². The van der Waals surface area contributed by atoms with Crippen molar-refractivity contribution in [2.45, 2.75) is 0 Å². The number of aromatic amines is 1. The number of aromatic hydroxyl groups is 1. The maximum Gasteiger partial charge on any atom is 2.00 e. The van der Waals surface area contributed by atoms with Crippen LogP contribution in [0.15, 0.2) is 24.3 Å². The van der Waals surface area contributed by atoms with E-state index >= 15 is 0 Å². The first-order chi connectivity index (χ1) is 5.88. The fourth-order valence-electron chi connectivity index (χ4n) is 0.939. The maximum atomic E-state index is 9.36. The summed E-state index contributed by atoms with van der Waals surface area (Å²) >= 11 is 0. The van der Waals surface area contributed by atoms with Gasteiger partial charge in [0.25, 0.3) is 0 Å². The number of aromatic nitrogens is 4. The molecule has 2 aromatic rings. The number of rotatable bonds is 1. The molecule has 0 aliphatic rings. The van der Waals surface area contributed by atoms with Crippen molar-refractivity contribution >= 4 is 0 Å². The summed E-state index contributed by atoms with van der Waals surface area (Å²) in [5, 5.41) is 22.5. The van der Waals surface area contributed by atoms with Crippen molar-refractivity contribution in [1.29, 1.82) is 0 Å². The van der Waals surface area contributed by atoms with Crippen LogP contribution in [0.1, 0.15) is 0 Å². The molecule has 0 saturated carbocycles. The molecule has 0 aliphatic heterocycles. The van der Waals surface area contributed by atoms with E-state index < -0.39 is 0 Å². The van der Waals surface area contributed by atoms with Crippen molar-refractivity contribution in [3.8, 4) is 17.1 Å². The Morgan fingerprint density at radius 1 is 1.13 bits per heavy atom. The summed E-state index contributed by atoms with van der Waals surface area (Å²) in [4.78, 5) is 0. The van der Waals surface area contributed by atoms with Gasteiger partial charge in [0.2, 0.25) is 5.82 Å². The van der Waals surface area contributed by atoms with Crippen molar-refractivity contribution in [2.75, 3.05) is 0 Å². The quantitative estimate of drug-likeness (QED) is 0.512. The molecule has 1 aromatic heterocycles. The molecule has 78 valence electrons. The number of phenols is 1. The first-order valence-corrected chi connectivity index (χ1v) is 3.40. The van der Waals surface area contributed by atoms with Crippen molar-refractivity contribution in [1.82, 2.24) is 20.6 Å². The van der Waals surface area contributed by atoms with Gasteiger partial charge in [-0.1, -0.05) is 12.1 Å². The van der Waals surface area contributed by atoms with Gasteiger partial charge in [-0.3, -0.25) is 0 Å². The second-order valence-corrected chi connectivity index (χ2v) is 2.25. The summed E-state index contributed by atoms with van der Waals surface area (Å²) in [6.07, 6.45) is 0. The van der Waals surface area contributed by atoms with Gasteiger partial charge >= 0.3 is 21.7 Å². The number of benzene rings is 1. The van der Waals surface area contributed by atoms with E-state index in [1.165, 1.54) is 0 Å². The monoisotopic (exact) mass is 280 g/mol. The topological polar surface area (TPSA) is 74.7 Å². The molecule has 0 bridgehead atoms. The van der Waals surface area contributed by atoms with Crippen LogP contribution in [0.2, 0.25) is 0 Å². The molecule has 0 spiro atoms. The number of H-pyrrole nitrogens is 1. The van der Waals surface area contributed by atoms with Gasteiger partial charge in [0.15, 0.2) is 0 Å². The van der Waals surface area contributed by atoms with Crippen LogP contribution >= 0.6 is 0 Å². The van der Waals surface area contributed by atoms with Crippen molar-refractivity contribution < 1.29 is 51.6 Å². The molecule has 0 aliphatic carbocycles. The van der Waals surface area contributed by atoms with Gasteiger partial charge in [-0.2, -0.15) is 5.21 Å². The number of hydrogen-bond acceptors (Lipinski definition) is 4. The molecule has 0 fully saturated rings. The predicted octanol–water partition coefficient (Wildman–Crippen LogP) is -5.42. The molecule has 2 N–H and O–H groups in total.